The largest absolute Gasteiger partial charge is 0.479 e. The lowest BCUT2D eigenvalue weighted by Gasteiger charge is -2.25. The Morgan fingerprint density at radius 1 is 1.36 bits per heavy atom. The number of carbonyl (C=O) groups excluding carboxylic acids is 1. The average molecular weight is 390 g/mol. The van der Waals surface area contributed by atoms with E-state index in [4.69, 9.17) is 4.74 Å². The average Bonchev–Trinajstić information content (AvgIpc) is 2.41. The molecule has 122 valence electrons. The molecule has 0 aliphatic carbocycles. The summed E-state index contributed by atoms with van der Waals surface area (Å²) < 4.78 is 5.90. The first-order valence-corrected chi connectivity index (χ1v) is 8.40. The molecule has 1 atom stereocenters. The molecule has 1 unspecified atom stereocenters. The minimum absolute atomic E-state index is 0.0881. The quantitative estimate of drug-likeness (QED) is 0.701. The summed E-state index contributed by atoms with van der Waals surface area (Å²) >= 11 is 4.85. The van der Waals surface area contributed by atoms with E-state index in [1.54, 1.807) is 0 Å². The van der Waals surface area contributed by atoms with Gasteiger partial charge in [0.2, 0.25) is 5.91 Å². The highest BCUT2D eigenvalue weighted by atomic mass is 79.9. The number of amides is 1. The summed E-state index contributed by atoms with van der Waals surface area (Å²) in [6.07, 6.45) is 0. The van der Waals surface area contributed by atoms with Crippen LogP contribution in [0.3, 0.4) is 0 Å². The van der Waals surface area contributed by atoms with Gasteiger partial charge >= 0.3 is 5.97 Å². The predicted molar refractivity (Wildman–Crippen MR) is 90.4 cm³/mol. The molecule has 1 amide bonds. The summed E-state index contributed by atoms with van der Waals surface area (Å²) in [5.74, 6) is -1.32. The Morgan fingerprint density at radius 3 is 2.55 bits per heavy atom. The summed E-state index contributed by atoms with van der Waals surface area (Å²) in [4.78, 5) is 24.3. The number of halogens is 1. The fourth-order valence-corrected chi connectivity index (χ4v) is 3.20. The topological polar surface area (TPSA) is 75.6 Å². The second kappa shape index (κ2) is 7.99. The maximum atomic E-state index is 12.0. The minimum atomic E-state index is -1.42. The third kappa shape index (κ3) is 5.00. The van der Waals surface area contributed by atoms with Crippen molar-refractivity contribution in [2.24, 2.45) is 0 Å². The maximum Gasteiger partial charge on any atom is 0.331 e. The molecule has 0 radical (unpaired) electrons. The molecule has 0 bridgehead atoms. The van der Waals surface area contributed by atoms with Crippen molar-refractivity contribution in [3.8, 4) is 0 Å². The molecular formula is C15H20BrNO4S. The van der Waals surface area contributed by atoms with Gasteiger partial charge in [-0.15, -0.1) is 11.8 Å². The van der Waals surface area contributed by atoms with E-state index in [0.29, 0.717) is 0 Å². The van der Waals surface area contributed by atoms with E-state index in [1.807, 2.05) is 26.0 Å². The molecule has 0 aliphatic heterocycles. The van der Waals surface area contributed by atoms with Crippen LogP contribution in [0, 0.1) is 13.8 Å². The van der Waals surface area contributed by atoms with Crippen molar-refractivity contribution in [1.29, 1.82) is 0 Å². The van der Waals surface area contributed by atoms with Crippen molar-refractivity contribution in [3.63, 3.8) is 0 Å². The van der Waals surface area contributed by atoms with Crippen LogP contribution in [0.4, 0.5) is 0 Å². The lowest BCUT2D eigenvalue weighted by atomic mass is 10.0. The van der Waals surface area contributed by atoms with Gasteiger partial charge in [-0.05, 0) is 44.0 Å². The molecule has 0 fully saturated rings. The zero-order valence-corrected chi connectivity index (χ0v) is 15.4. The van der Waals surface area contributed by atoms with Crippen LogP contribution in [0.1, 0.15) is 18.1 Å². The summed E-state index contributed by atoms with van der Waals surface area (Å²) in [5, 5.41) is 11.7. The first kappa shape index (κ1) is 19.0. The lowest BCUT2D eigenvalue weighted by molar-refractivity contribution is -0.148. The first-order valence-electron chi connectivity index (χ1n) is 6.62. The molecule has 2 N–H and O–H groups in total. The zero-order chi connectivity index (χ0) is 16.9. The van der Waals surface area contributed by atoms with Gasteiger partial charge in [-0.1, -0.05) is 15.9 Å². The number of carboxylic acids is 1. The Kier molecular flexibility index (Phi) is 6.90. The van der Waals surface area contributed by atoms with E-state index in [2.05, 4.69) is 21.2 Å². The van der Waals surface area contributed by atoms with Gasteiger partial charge in [0.1, 0.15) is 0 Å². The van der Waals surface area contributed by atoms with Crippen LogP contribution in [0.25, 0.3) is 0 Å². The van der Waals surface area contributed by atoms with Crippen LogP contribution in [-0.4, -0.2) is 42.0 Å². The molecule has 0 aromatic heterocycles. The number of hydrogen-bond acceptors (Lipinski definition) is 4. The van der Waals surface area contributed by atoms with Gasteiger partial charge in [-0.3, -0.25) is 4.79 Å². The Bertz CT molecular complexity index is 579. The monoisotopic (exact) mass is 389 g/mol. The minimum Gasteiger partial charge on any atom is -0.479 e. The Morgan fingerprint density at radius 2 is 2.00 bits per heavy atom. The Labute approximate surface area is 142 Å². The van der Waals surface area contributed by atoms with E-state index >= 15 is 0 Å². The number of hydrogen-bond donors (Lipinski definition) is 2. The zero-order valence-electron chi connectivity index (χ0n) is 13.0. The van der Waals surface area contributed by atoms with Crippen molar-refractivity contribution in [1.82, 2.24) is 5.32 Å². The highest BCUT2D eigenvalue weighted by molar-refractivity contribution is 9.10. The van der Waals surface area contributed by atoms with Gasteiger partial charge in [0.25, 0.3) is 0 Å². The number of nitrogens with one attached hydrogen (secondary N) is 1. The van der Waals surface area contributed by atoms with Gasteiger partial charge in [0.15, 0.2) is 5.54 Å². The number of methoxy groups -OCH3 is 1. The highest BCUT2D eigenvalue weighted by Crippen LogP contribution is 2.28. The third-order valence-corrected chi connectivity index (χ3v) is 5.15. The molecule has 0 heterocycles. The van der Waals surface area contributed by atoms with Crippen LogP contribution >= 0.6 is 27.7 Å². The number of aliphatic carboxylic acids is 1. The van der Waals surface area contributed by atoms with Crippen molar-refractivity contribution >= 4 is 39.6 Å². The van der Waals surface area contributed by atoms with E-state index in [9.17, 15) is 14.7 Å². The van der Waals surface area contributed by atoms with Crippen LogP contribution in [0.2, 0.25) is 0 Å². The van der Waals surface area contributed by atoms with E-state index < -0.39 is 11.5 Å². The molecule has 1 rings (SSSR count). The van der Waals surface area contributed by atoms with E-state index in [0.717, 1.165) is 20.5 Å². The normalized spacial score (nSPS) is 13.5. The molecule has 1 aromatic carbocycles. The number of carbonyl (C=O) groups is 2. The van der Waals surface area contributed by atoms with E-state index in [1.165, 1.54) is 25.8 Å². The first-order chi connectivity index (χ1) is 10.2. The Balaban J connectivity index is 2.70. The van der Waals surface area contributed by atoms with Gasteiger partial charge < -0.3 is 15.2 Å². The van der Waals surface area contributed by atoms with Crippen LogP contribution < -0.4 is 5.32 Å². The molecular weight excluding hydrogens is 370 g/mol. The SMILES string of the molecule is COCC(C)(NC(=O)CSc1cc(C)c(Br)cc1C)C(=O)O. The third-order valence-electron chi connectivity index (χ3n) is 3.14. The standard InChI is InChI=1S/C15H20BrNO4S/c1-9-6-12(10(2)5-11(9)16)22-7-13(18)17-15(3,8-21-4)14(19)20/h5-6H,7-8H2,1-4H3,(H,17,18)(H,19,20). The van der Waals surface area contributed by atoms with Crippen molar-refractivity contribution in [3.05, 3.63) is 27.7 Å². The number of benzene rings is 1. The number of aryl methyl sites for hydroxylation is 2. The van der Waals surface area contributed by atoms with E-state index in [-0.39, 0.29) is 18.3 Å². The smallest absolute Gasteiger partial charge is 0.331 e. The maximum absolute atomic E-state index is 12.0. The summed E-state index contributed by atoms with van der Waals surface area (Å²) in [7, 11) is 1.40. The fourth-order valence-electron chi connectivity index (χ4n) is 1.84. The highest BCUT2D eigenvalue weighted by Gasteiger charge is 2.34. The van der Waals surface area contributed by atoms with Crippen molar-refractivity contribution < 1.29 is 19.4 Å². The van der Waals surface area contributed by atoms with Crippen molar-refractivity contribution in [2.75, 3.05) is 19.5 Å². The second-order valence-electron chi connectivity index (χ2n) is 5.27. The molecule has 1 aromatic rings. The number of thioether (sulfide) groups is 1. The molecule has 22 heavy (non-hydrogen) atoms. The number of carboxylic acid groups (broad SMARTS) is 1. The van der Waals surface area contributed by atoms with Crippen LogP contribution in [0.15, 0.2) is 21.5 Å². The van der Waals surface area contributed by atoms with Gasteiger partial charge in [-0.25, -0.2) is 4.79 Å². The Hall–Kier alpha value is -1.05. The molecule has 0 aliphatic rings. The summed E-state index contributed by atoms with van der Waals surface area (Å²) in [6, 6.07) is 4.00. The molecule has 0 spiro atoms. The van der Waals surface area contributed by atoms with Crippen molar-refractivity contribution in [2.45, 2.75) is 31.2 Å². The number of ether oxygens (including phenoxy) is 1. The lowest BCUT2D eigenvalue weighted by Crippen LogP contribution is -2.55. The summed E-state index contributed by atoms with van der Waals surface area (Å²) in [5.41, 5.74) is 0.730. The second-order valence-corrected chi connectivity index (χ2v) is 7.15. The van der Waals surface area contributed by atoms with Crippen LogP contribution in [0.5, 0.6) is 0 Å². The molecule has 0 saturated carbocycles. The van der Waals surface area contributed by atoms with Gasteiger partial charge in [-0.2, -0.15) is 0 Å². The predicted octanol–water partition coefficient (Wildman–Crippen LogP) is 2.76. The van der Waals surface area contributed by atoms with Crippen LogP contribution in [-0.2, 0) is 14.3 Å². The molecule has 7 heteroatoms. The van der Waals surface area contributed by atoms with Gasteiger partial charge in [0.05, 0.1) is 12.4 Å². The number of rotatable bonds is 7. The summed E-state index contributed by atoms with van der Waals surface area (Å²) in [6.45, 7) is 5.29. The fraction of sp³-hybridized carbons (Fsp3) is 0.467. The molecule has 5 nitrogen and oxygen atoms in total. The van der Waals surface area contributed by atoms with Gasteiger partial charge in [0, 0.05) is 16.5 Å². The molecule has 0 saturated heterocycles.